The fraction of sp³-hybridized carbons (Fsp3) is 0.167. The molecule has 26 heavy (non-hydrogen) atoms. The zero-order chi connectivity index (χ0) is 19.1. The van der Waals surface area contributed by atoms with Crippen LogP contribution in [0.5, 0.6) is 5.75 Å². The zero-order valence-electron chi connectivity index (χ0n) is 13.7. The summed E-state index contributed by atoms with van der Waals surface area (Å²) in [6.07, 6.45) is -1.01. The summed E-state index contributed by atoms with van der Waals surface area (Å²) >= 11 is 0. The van der Waals surface area contributed by atoms with Crippen molar-refractivity contribution in [2.75, 3.05) is 11.9 Å². The number of carbonyl (C=O) groups excluding carboxylic acids is 2. The Balaban J connectivity index is 1.83. The predicted molar refractivity (Wildman–Crippen MR) is 87.2 cm³/mol. The molecule has 0 aromatic heterocycles. The number of halogens is 2. The number of hydrogen-bond acceptors (Lipinski definition) is 5. The van der Waals surface area contributed by atoms with Gasteiger partial charge >= 0.3 is 5.97 Å². The molecule has 1 N–H and O–H groups in total. The van der Waals surface area contributed by atoms with Crippen LogP contribution in [-0.4, -0.2) is 24.6 Å². The third-order valence-corrected chi connectivity index (χ3v) is 3.18. The minimum absolute atomic E-state index is 0.347. The van der Waals surface area contributed by atoms with Crippen molar-refractivity contribution in [2.24, 2.45) is 0 Å². The predicted octanol–water partition coefficient (Wildman–Crippen LogP) is 2.79. The van der Waals surface area contributed by atoms with Gasteiger partial charge in [-0.25, -0.2) is 13.6 Å². The zero-order valence-corrected chi connectivity index (χ0v) is 13.7. The number of ether oxygens (including phenoxy) is 2. The van der Waals surface area contributed by atoms with Crippen molar-refractivity contribution in [1.29, 1.82) is 5.26 Å². The molecular formula is C18H14F2N2O4. The summed E-state index contributed by atoms with van der Waals surface area (Å²) in [5.41, 5.74) is 0.0850. The van der Waals surface area contributed by atoms with Gasteiger partial charge in [0.2, 0.25) is 0 Å². The third-order valence-electron chi connectivity index (χ3n) is 3.18. The molecule has 0 fully saturated rings. The molecule has 0 radical (unpaired) electrons. The van der Waals surface area contributed by atoms with Crippen LogP contribution in [0.3, 0.4) is 0 Å². The van der Waals surface area contributed by atoms with E-state index in [1.165, 1.54) is 31.2 Å². The first kappa shape index (κ1) is 18.9. The maximum atomic E-state index is 13.4. The van der Waals surface area contributed by atoms with Gasteiger partial charge in [0.05, 0.1) is 17.3 Å². The van der Waals surface area contributed by atoms with Crippen molar-refractivity contribution in [2.45, 2.75) is 13.0 Å². The van der Waals surface area contributed by atoms with E-state index in [9.17, 15) is 18.4 Å². The van der Waals surface area contributed by atoms with E-state index in [2.05, 4.69) is 5.32 Å². The molecule has 2 aromatic carbocycles. The standard InChI is InChI=1S/C18H14F2N2O4/c1-11(26-14-5-2-12(9-21)3-6-14)18(24)25-10-17(23)22-16-8-13(19)4-7-15(16)20/h2-8,11H,10H2,1H3,(H,22,23)/t11-/m1/s1. The number of amides is 1. The number of hydrogen-bond donors (Lipinski definition) is 1. The Morgan fingerprint density at radius 2 is 1.88 bits per heavy atom. The average Bonchev–Trinajstić information content (AvgIpc) is 2.63. The highest BCUT2D eigenvalue weighted by molar-refractivity contribution is 5.93. The molecule has 0 saturated carbocycles. The van der Waals surface area contributed by atoms with Gasteiger partial charge in [-0.05, 0) is 43.3 Å². The van der Waals surface area contributed by atoms with E-state index in [0.29, 0.717) is 11.3 Å². The van der Waals surface area contributed by atoms with Crippen molar-refractivity contribution in [3.8, 4) is 11.8 Å². The molecule has 1 atom stereocenters. The number of nitrogens with one attached hydrogen (secondary N) is 1. The van der Waals surface area contributed by atoms with E-state index >= 15 is 0 Å². The van der Waals surface area contributed by atoms with E-state index in [0.717, 1.165) is 18.2 Å². The fourth-order valence-corrected chi connectivity index (χ4v) is 1.89. The Morgan fingerprint density at radius 1 is 1.19 bits per heavy atom. The molecule has 0 bridgehead atoms. The van der Waals surface area contributed by atoms with Gasteiger partial charge in [-0.1, -0.05) is 0 Å². The molecule has 6 nitrogen and oxygen atoms in total. The van der Waals surface area contributed by atoms with Crippen molar-refractivity contribution in [3.63, 3.8) is 0 Å². The van der Waals surface area contributed by atoms with Gasteiger partial charge in [-0.3, -0.25) is 4.79 Å². The van der Waals surface area contributed by atoms with Crippen LogP contribution in [0.2, 0.25) is 0 Å². The van der Waals surface area contributed by atoms with Crippen LogP contribution in [0.25, 0.3) is 0 Å². The molecular weight excluding hydrogens is 346 g/mol. The molecule has 1 amide bonds. The number of benzene rings is 2. The maximum Gasteiger partial charge on any atom is 0.347 e. The smallest absolute Gasteiger partial charge is 0.347 e. The van der Waals surface area contributed by atoms with Gasteiger partial charge in [-0.15, -0.1) is 0 Å². The molecule has 0 aliphatic heterocycles. The Labute approximate surface area is 148 Å². The van der Waals surface area contributed by atoms with Crippen LogP contribution in [0.4, 0.5) is 14.5 Å². The number of nitriles is 1. The summed E-state index contributed by atoms with van der Waals surface area (Å²) in [7, 11) is 0. The van der Waals surface area contributed by atoms with Crippen molar-refractivity contribution in [1.82, 2.24) is 0 Å². The lowest BCUT2D eigenvalue weighted by molar-refractivity contribution is -0.153. The first-order valence-corrected chi connectivity index (χ1v) is 7.47. The van der Waals surface area contributed by atoms with Gasteiger partial charge in [0.15, 0.2) is 12.7 Å². The summed E-state index contributed by atoms with van der Waals surface area (Å²) < 4.78 is 36.6. The highest BCUT2D eigenvalue weighted by Gasteiger charge is 2.18. The minimum atomic E-state index is -1.01. The van der Waals surface area contributed by atoms with E-state index in [-0.39, 0.29) is 5.69 Å². The first-order chi connectivity index (χ1) is 12.4. The van der Waals surface area contributed by atoms with Crippen LogP contribution >= 0.6 is 0 Å². The summed E-state index contributed by atoms with van der Waals surface area (Å²) in [6, 6.07) is 10.6. The summed E-state index contributed by atoms with van der Waals surface area (Å²) in [6.45, 7) is 0.737. The molecule has 0 aliphatic carbocycles. The van der Waals surface area contributed by atoms with Gasteiger partial charge in [-0.2, -0.15) is 5.26 Å². The second kappa shape index (κ2) is 8.58. The molecule has 0 saturated heterocycles. The van der Waals surface area contributed by atoms with Crippen LogP contribution < -0.4 is 10.1 Å². The van der Waals surface area contributed by atoms with Gasteiger partial charge in [0.25, 0.3) is 5.91 Å². The van der Waals surface area contributed by atoms with E-state index in [1.54, 1.807) is 0 Å². The minimum Gasteiger partial charge on any atom is -0.479 e. The molecule has 0 heterocycles. The monoisotopic (exact) mass is 360 g/mol. The van der Waals surface area contributed by atoms with E-state index in [1.807, 2.05) is 6.07 Å². The molecule has 2 aromatic rings. The van der Waals surface area contributed by atoms with Gasteiger partial charge < -0.3 is 14.8 Å². The lowest BCUT2D eigenvalue weighted by Gasteiger charge is -2.14. The van der Waals surface area contributed by atoms with Crippen molar-refractivity contribution >= 4 is 17.6 Å². The number of nitrogens with zero attached hydrogens (tertiary/aromatic N) is 1. The van der Waals surface area contributed by atoms with Crippen molar-refractivity contribution < 1.29 is 27.8 Å². The highest BCUT2D eigenvalue weighted by atomic mass is 19.1. The largest absolute Gasteiger partial charge is 0.479 e. The lowest BCUT2D eigenvalue weighted by Crippen LogP contribution is -2.29. The average molecular weight is 360 g/mol. The molecule has 0 spiro atoms. The quantitative estimate of drug-likeness (QED) is 0.801. The van der Waals surface area contributed by atoms with Crippen molar-refractivity contribution in [3.05, 3.63) is 59.7 Å². The Kier molecular flexibility index (Phi) is 6.22. The second-order valence-corrected chi connectivity index (χ2v) is 5.18. The van der Waals surface area contributed by atoms with Gasteiger partial charge in [0, 0.05) is 6.07 Å². The SMILES string of the molecule is C[C@@H](Oc1ccc(C#N)cc1)C(=O)OCC(=O)Nc1cc(F)ccc1F. The topological polar surface area (TPSA) is 88.4 Å². The summed E-state index contributed by atoms with van der Waals surface area (Å²) in [5, 5.41) is 10.8. The summed E-state index contributed by atoms with van der Waals surface area (Å²) in [5.74, 6) is -2.83. The van der Waals surface area contributed by atoms with Gasteiger partial charge in [0.1, 0.15) is 17.4 Å². The number of rotatable bonds is 6. The second-order valence-electron chi connectivity index (χ2n) is 5.18. The van der Waals surface area contributed by atoms with Crippen LogP contribution in [0.15, 0.2) is 42.5 Å². The first-order valence-electron chi connectivity index (χ1n) is 7.47. The molecule has 2 rings (SSSR count). The number of anilines is 1. The van der Waals surface area contributed by atoms with Crippen LogP contribution in [0, 0.1) is 23.0 Å². The Bertz CT molecular complexity index is 847. The molecule has 134 valence electrons. The Hall–Kier alpha value is -3.47. The highest BCUT2D eigenvalue weighted by Crippen LogP contribution is 2.16. The third kappa shape index (κ3) is 5.27. The lowest BCUT2D eigenvalue weighted by atomic mass is 10.2. The van der Waals surface area contributed by atoms with Crippen LogP contribution in [-0.2, 0) is 14.3 Å². The molecule has 0 unspecified atom stereocenters. The maximum absolute atomic E-state index is 13.4. The molecule has 0 aliphatic rings. The summed E-state index contributed by atoms with van der Waals surface area (Å²) in [4.78, 5) is 23.5. The normalized spacial score (nSPS) is 11.2. The number of esters is 1. The van der Waals surface area contributed by atoms with E-state index in [4.69, 9.17) is 14.7 Å². The Morgan fingerprint density at radius 3 is 2.54 bits per heavy atom. The molecule has 8 heteroatoms. The van der Waals surface area contributed by atoms with E-state index < -0.39 is 36.2 Å². The fourth-order valence-electron chi connectivity index (χ4n) is 1.89. The van der Waals surface area contributed by atoms with Crippen LogP contribution in [0.1, 0.15) is 12.5 Å². The number of carbonyl (C=O) groups is 2.